The van der Waals surface area contributed by atoms with E-state index in [1.807, 2.05) is 6.92 Å². The van der Waals surface area contributed by atoms with Crippen LogP contribution in [0.15, 0.2) is 12.3 Å². The van der Waals surface area contributed by atoms with E-state index in [4.69, 9.17) is 0 Å². The van der Waals surface area contributed by atoms with Gasteiger partial charge in [0.1, 0.15) is 0 Å². The van der Waals surface area contributed by atoms with Crippen molar-refractivity contribution in [3.8, 4) is 0 Å². The molecule has 0 aromatic heterocycles. The molecule has 64 valence electrons. The summed E-state index contributed by atoms with van der Waals surface area (Å²) < 4.78 is 0. The van der Waals surface area contributed by atoms with Crippen molar-refractivity contribution in [1.82, 2.24) is 10.2 Å². The maximum absolute atomic E-state index is 3.79. The number of rotatable bonds is 4. The number of hydrogen-bond acceptors (Lipinski definition) is 2. The van der Waals surface area contributed by atoms with Crippen molar-refractivity contribution in [2.75, 3.05) is 26.2 Å². The topological polar surface area (TPSA) is 15.3 Å². The Morgan fingerprint density at radius 1 is 1.45 bits per heavy atom. The number of nitrogens with zero attached hydrogens (tertiary/aromatic N) is 1. The van der Waals surface area contributed by atoms with Crippen LogP contribution >= 0.6 is 0 Å². The fourth-order valence-electron chi connectivity index (χ4n) is 1.43. The van der Waals surface area contributed by atoms with Gasteiger partial charge in [-0.05, 0) is 32.9 Å². The molecule has 0 aromatic rings. The molecule has 0 aliphatic carbocycles. The molecule has 0 aromatic carbocycles. The third-order valence-electron chi connectivity index (χ3n) is 2.05. The average molecular weight is 154 g/mol. The minimum absolute atomic E-state index is 1.05. The molecule has 0 unspecified atom stereocenters. The van der Waals surface area contributed by atoms with Gasteiger partial charge in [-0.3, -0.25) is 0 Å². The van der Waals surface area contributed by atoms with Crippen LogP contribution in [0.25, 0.3) is 0 Å². The first-order valence-electron chi connectivity index (χ1n) is 4.41. The summed E-state index contributed by atoms with van der Waals surface area (Å²) in [5.74, 6) is 0. The third kappa shape index (κ3) is 3.42. The molecule has 0 spiro atoms. The van der Waals surface area contributed by atoms with Gasteiger partial charge in [-0.15, -0.1) is 0 Å². The lowest BCUT2D eigenvalue weighted by molar-refractivity contribution is 0.340. The SMILES string of the molecule is C=C(C)NCCN1CCCC1. The first-order chi connectivity index (χ1) is 5.29. The molecule has 1 saturated heterocycles. The highest BCUT2D eigenvalue weighted by atomic mass is 15.1. The maximum atomic E-state index is 3.79. The molecule has 0 amide bonds. The lowest BCUT2D eigenvalue weighted by Gasteiger charge is -2.14. The predicted octanol–water partition coefficient (Wildman–Crippen LogP) is 1.21. The van der Waals surface area contributed by atoms with Crippen LogP contribution in [0.4, 0.5) is 0 Å². The van der Waals surface area contributed by atoms with Gasteiger partial charge in [-0.25, -0.2) is 0 Å². The zero-order chi connectivity index (χ0) is 8.10. The number of hydrogen-bond donors (Lipinski definition) is 1. The van der Waals surface area contributed by atoms with E-state index in [1.54, 1.807) is 0 Å². The van der Waals surface area contributed by atoms with Crippen molar-refractivity contribution in [1.29, 1.82) is 0 Å². The Morgan fingerprint density at radius 2 is 2.09 bits per heavy atom. The van der Waals surface area contributed by atoms with Crippen molar-refractivity contribution in [2.45, 2.75) is 19.8 Å². The van der Waals surface area contributed by atoms with Gasteiger partial charge in [-0.2, -0.15) is 0 Å². The number of likely N-dealkylation sites (tertiary alicyclic amines) is 1. The van der Waals surface area contributed by atoms with Crippen molar-refractivity contribution in [2.24, 2.45) is 0 Å². The highest BCUT2D eigenvalue weighted by Crippen LogP contribution is 2.05. The third-order valence-corrected chi connectivity index (χ3v) is 2.05. The van der Waals surface area contributed by atoms with Crippen LogP contribution in [0, 0.1) is 0 Å². The van der Waals surface area contributed by atoms with Gasteiger partial charge in [0.2, 0.25) is 0 Å². The average Bonchev–Trinajstić information content (AvgIpc) is 2.39. The fourth-order valence-corrected chi connectivity index (χ4v) is 1.43. The Morgan fingerprint density at radius 3 is 2.64 bits per heavy atom. The summed E-state index contributed by atoms with van der Waals surface area (Å²) in [4.78, 5) is 2.50. The molecule has 11 heavy (non-hydrogen) atoms. The normalized spacial score (nSPS) is 18.6. The van der Waals surface area contributed by atoms with E-state index >= 15 is 0 Å². The summed E-state index contributed by atoms with van der Waals surface area (Å²) in [6.45, 7) is 10.6. The summed E-state index contributed by atoms with van der Waals surface area (Å²) in [7, 11) is 0. The second-order valence-corrected chi connectivity index (χ2v) is 3.26. The van der Waals surface area contributed by atoms with Gasteiger partial charge >= 0.3 is 0 Å². The second-order valence-electron chi connectivity index (χ2n) is 3.26. The molecule has 1 aliphatic rings. The van der Waals surface area contributed by atoms with Gasteiger partial charge in [0.05, 0.1) is 0 Å². The molecule has 0 radical (unpaired) electrons. The van der Waals surface area contributed by atoms with Crippen LogP contribution in [0.3, 0.4) is 0 Å². The lowest BCUT2D eigenvalue weighted by atomic mass is 10.4. The van der Waals surface area contributed by atoms with Crippen molar-refractivity contribution in [3.05, 3.63) is 12.3 Å². The largest absolute Gasteiger partial charge is 0.388 e. The standard InChI is InChI=1S/C9H18N2/c1-9(2)10-5-8-11-6-3-4-7-11/h10H,1,3-8H2,2H3. The van der Waals surface area contributed by atoms with Crippen LogP contribution in [-0.4, -0.2) is 31.1 Å². The van der Waals surface area contributed by atoms with Gasteiger partial charge in [0.25, 0.3) is 0 Å². The summed E-state index contributed by atoms with van der Waals surface area (Å²) in [6, 6.07) is 0. The summed E-state index contributed by atoms with van der Waals surface area (Å²) >= 11 is 0. The molecule has 2 heteroatoms. The van der Waals surface area contributed by atoms with Gasteiger partial charge in [-0.1, -0.05) is 6.58 Å². The van der Waals surface area contributed by atoms with Crippen LogP contribution < -0.4 is 5.32 Å². The molecule has 2 nitrogen and oxygen atoms in total. The van der Waals surface area contributed by atoms with Crippen molar-refractivity contribution in [3.63, 3.8) is 0 Å². The second kappa shape index (κ2) is 4.39. The number of allylic oxidation sites excluding steroid dienone is 1. The molecule has 1 fully saturated rings. The highest BCUT2D eigenvalue weighted by Gasteiger charge is 2.09. The molecule has 1 N–H and O–H groups in total. The zero-order valence-electron chi connectivity index (χ0n) is 7.40. The molecule has 0 bridgehead atoms. The smallest absolute Gasteiger partial charge is 0.0271 e. The first kappa shape index (κ1) is 8.60. The van der Waals surface area contributed by atoms with Crippen LogP contribution in [-0.2, 0) is 0 Å². The van der Waals surface area contributed by atoms with Crippen molar-refractivity contribution < 1.29 is 0 Å². The Hall–Kier alpha value is -0.500. The van der Waals surface area contributed by atoms with E-state index < -0.39 is 0 Å². The Kier molecular flexibility index (Phi) is 3.43. The molecule has 1 aliphatic heterocycles. The molecular formula is C9H18N2. The monoisotopic (exact) mass is 154 g/mol. The van der Waals surface area contributed by atoms with Crippen LogP contribution in [0.2, 0.25) is 0 Å². The van der Waals surface area contributed by atoms with Crippen molar-refractivity contribution >= 4 is 0 Å². The van der Waals surface area contributed by atoms with E-state index in [0.29, 0.717) is 0 Å². The summed E-state index contributed by atoms with van der Waals surface area (Å²) in [6.07, 6.45) is 2.76. The minimum Gasteiger partial charge on any atom is -0.388 e. The van der Waals surface area contributed by atoms with Crippen LogP contribution in [0.5, 0.6) is 0 Å². The fraction of sp³-hybridized carbons (Fsp3) is 0.778. The lowest BCUT2D eigenvalue weighted by Crippen LogP contribution is -2.28. The quantitative estimate of drug-likeness (QED) is 0.654. The molecule has 1 rings (SSSR count). The molecular weight excluding hydrogens is 136 g/mol. The van der Waals surface area contributed by atoms with Gasteiger partial charge in [0, 0.05) is 18.8 Å². The van der Waals surface area contributed by atoms with Crippen LogP contribution in [0.1, 0.15) is 19.8 Å². The maximum Gasteiger partial charge on any atom is 0.0271 e. The highest BCUT2D eigenvalue weighted by molar-refractivity contribution is 4.84. The van der Waals surface area contributed by atoms with E-state index in [-0.39, 0.29) is 0 Å². The molecule has 0 atom stereocenters. The van der Waals surface area contributed by atoms with Gasteiger partial charge < -0.3 is 10.2 Å². The summed E-state index contributed by atoms with van der Waals surface area (Å²) in [5.41, 5.74) is 1.07. The molecule has 1 heterocycles. The van der Waals surface area contributed by atoms with E-state index in [1.165, 1.54) is 32.5 Å². The molecule has 0 saturated carbocycles. The first-order valence-corrected chi connectivity index (χ1v) is 4.41. The number of nitrogens with one attached hydrogen (secondary N) is 1. The predicted molar refractivity (Wildman–Crippen MR) is 48.5 cm³/mol. The van der Waals surface area contributed by atoms with E-state index in [9.17, 15) is 0 Å². The zero-order valence-corrected chi connectivity index (χ0v) is 7.40. The van der Waals surface area contributed by atoms with E-state index in [0.717, 1.165) is 12.2 Å². The Bertz CT molecular complexity index is 126. The Labute approximate surface area is 69.3 Å². The van der Waals surface area contributed by atoms with E-state index in [2.05, 4.69) is 16.8 Å². The minimum atomic E-state index is 1.05. The Balaban J connectivity index is 1.98. The summed E-state index contributed by atoms with van der Waals surface area (Å²) in [5, 5.41) is 3.24. The van der Waals surface area contributed by atoms with Gasteiger partial charge in [0.15, 0.2) is 0 Å².